The third kappa shape index (κ3) is 5.12. The van der Waals surface area contributed by atoms with E-state index in [2.05, 4.69) is 15.2 Å². The number of nitrogens with zero attached hydrogens (tertiary/aromatic N) is 3. The maximum atomic E-state index is 13.7. The number of carbonyl (C=O) groups is 2. The molecule has 9 nitrogen and oxygen atoms in total. The molecule has 0 bridgehead atoms. The van der Waals surface area contributed by atoms with Gasteiger partial charge in [0.15, 0.2) is 5.69 Å². The van der Waals surface area contributed by atoms with Gasteiger partial charge in [-0.2, -0.15) is 18.3 Å². The molecule has 0 aliphatic heterocycles. The molecule has 0 saturated carbocycles. The van der Waals surface area contributed by atoms with Gasteiger partial charge in [-0.25, -0.2) is 9.48 Å². The van der Waals surface area contributed by atoms with Gasteiger partial charge in [0.25, 0.3) is 11.6 Å². The lowest BCUT2D eigenvalue weighted by Gasteiger charge is -2.13. The molecule has 13 heteroatoms. The highest BCUT2D eigenvalue weighted by atomic mass is 35.5. The predicted molar refractivity (Wildman–Crippen MR) is 111 cm³/mol. The molecule has 1 amide bonds. The van der Waals surface area contributed by atoms with Gasteiger partial charge < -0.3 is 10.1 Å². The van der Waals surface area contributed by atoms with E-state index in [1.807, 2.05) is 0 Å². The number of alkyl halides is 3. The Morgan fingerprint density at radius 2 is 1.94 bits per heavy atom. The van der Waals surface area contributed by atoms with Crippen molar-refractivity contribution in [2.24, 2.45) is 0 Å². The Kier molecular flexibility index (Phi) is 6.68. The monoisotopic (exact) mass is 482 g/mol. The fourth-order valence-corrected chi connectivity index (χ4v) is 3.11. The summed E-state index contributed by atoms with van der Waals surface area (Å²) in [5.41, 5.74) is -3.07. The van der Waals surface area contributed by atoms with Crippen LogP contribution in [-0.4, -0.2) is 33.2 Å². The zero-order valence-corrected chi connectivity index (χ0v) is 17.5. The highest BCUT2D eigenvalue weighted by Gasteiger charge is 2.41. The molecule has 0 saturated heterocycles. The number of nitro benzene ring substituents is 1. The van der Waals surface area contributed by atoms with Gasteiger partial charge in [-0.05, 0) is 37.3 Å². The molecule has 33 heavy (non-hydrogen) atoms. The summed E-state index contributed by atoms with van der Waals surface area (Å²) in [7, 11) is 0. The number of halogens is 4. The van der Waals surface area contributed by atoms with Crippen LogP contribution in [0.2, 0.25) is 5.02 Å². The molecular formula is C20H14ClF3N4O5. The maximum absolute atomic E-state index is 13.7. The normalized spacial score (nSPS) is 11.2. The quantitative estimate of drug-likeness (QED) is 0.304. The van der Waals surface area contributed by atoms with Gasteiger partial charge in [0.05, 0.1) is 23.4 Å². The number of aromatic nitrogens is 2. The van der Waals surface area contributed by atoms with Gasteiger partial charge in [-0.1, -0.05) is 17.7 Å². The number of benzene rings is 2. The molecule has 3 aromatic rings. The molecule has 1 N–H and O–H groups in total. The van der Waals surface area contributed by atoms with Gasteiger partial charge in [0.2, 0.25) is 0 Å². The van der Waals surface area contributed by atoms with E-state index in [0.717, 1.165) is 24.4 Å². The fraction of sp³-hybridized carbons (Fsp3) is 0.150. The van der Waals surface area contributed by atoms with Gasteiger partial charge in [0.1, 0.15) is 11.1 Å². The lowest BCUT2D eigenvalue weighted by atomic mass is 10.1. The minimum Gasteiger partial charge on any atom is -0.462 e. The third-order valence-electron chi connectivity index (χ3n) is 4.28. The number of ether oxygens (including phenoxy) is 1. The molecule has 0 unspecified atom stereocenters. The third-order valence-corrected chi connectivity index (χ3v) is 4.52. The van der Waals surface area contributed by atoms with Crippen LogP contribution in [0.25, 0.3) is 5.69 Å². The molecular weight excluding hydrogens is 469 g/mol. The summed E-state index contributed by atoms with van der Waals surface area (Å²) in [5, 5.41) is 17.3. The SMILES string of the molecule is CCOC(=O)c1cnn(-c2cccc(NC(=O)c3cc(Cl)ccc3[N+](=O)[O-])c2)c1C(F)(F)F. The fourth-order valence-electron chi connectivity index (χ4n) is 2.94. The van der Waals surface area contributed by atoms with Crippen molar-refractivity contribution < 1.29 is 32.4 Å². The van der Waals surface area contributed by atoms with Gasteiger partial charge in [-0.3, -0.25) is 14.9 Å². The van der Waals surface area contributed by atoms with Crippen molar-refractivity contribution in [3.8, 4) is 5.69 Å². The first-order valence-electron chi connectivity index (χ1n) is 9.21. The number of carbonyl (C=O) groups excluding carboxylic acids is 2. The molecule has 0 spiro atoms. The Labute approximate surface area is 188 Å². The van der Waals surface area contributed by atoms with Crippen LogP contribution in [0.15, 0.2) is 48.7 Å². The van der Waals surface area contributed by atoms with E-state index in [4.69, 9.17) is 11.6 Å². The van der Waals surface area contributed by atoms with Crippen molar-refractivity contribution in [3.63, 3.8) is 0 Å². The number of esters is 1. The average Bonchev–Trinajstić information content (AvgIpc) is 3.20. The Morgan fingerprint density at radius 3 is 2.58 bits per heavy atom. The van der Waals surface area contributed by atoms with Gasteiger partial charge >= 0.3 is 12.1 Å². The van der Waals surface area contributed by atoms with Crippen LogP contribution >= 0.6 is 11.6 Å². The smallest absolute Gasteiger partial charge is 0.434 e. The summed E-state index contributed by atoms with van der Waals surface area (Å²) in [4.78, 5) is 35.0. The summed E-state index contributed by atoms with van der Waals surface area (Å²) < 4.78 is 46.3. The van der Waals surface area contributed by atoms with Gasteiger partial charge in [0, 0.05) is 16.8 Å². The number of nitrogens with one attached hydrogen (secondary N) is 1. The number of anilines is 1. The first-order valence-corrected chi connectivity index (χ1v) is 9.58. The minimum atomic E-state index is -4.95. The zero-order chi connectivity index (χ0) is 24.3. The standard InChI is InChI=1S/C20H14ClF3N4O5/c1-2-33-19(30)15-10-25-27(17(15)20(22,23)24)13-5-3-4-12(9-13)26-18(29)14-8-11(21)6-7-16(14)28(31)32/h3-10H,2H2,1H3,(H,26,29). The Balaban J connectivity index is 1.99. The van der Waals surface area contributed by atoms with Crippen molar-refractivity contribution in [2.75, 3.05) is 11.9 Å². The van der Waals surface area contributed by atoms with Crippen molar-refractivity contribution in [3.05, 3.63) is 80.6 Å². The lowest BCUT2D eigenvalue weighted by Crippen LogP contribution is -2.19. The summed E-state index contributed by atoms with van der Waals surface area (Å²) in [6, 6.07) is 8.53. The van der Waals surface area contributed by atoms with Crippen LogP contribution < -0.4 is 5.32 Å². The first kappa shape index (κ1) is 23.7. The second-order valence-corrected chi connectivity index (χ2v) is 6.90. The number of rotatable bonds is 6. The Morgan fingerprint density at radius 1 is 1.21 bits per heavy atom. The molecule has 0 radical (unpaired) electrons. The molecule has 0 aliphatic carbocycles. The second kappa shape index (κ2) is 9.28. The van der Waals surface area contributed by atoms with Crippen LogP contribution in [0, 0.1) is 10.1 Å². The number of nitro groups is 1. The summed E-state index contributed by atoms with van der Waals surface area (Å²) in [6.07, 6.45) is -4.21. The van der Waals surface area contributed by atoms with E-state index in [-0.39, 0.29) is 28.6 Å². The van der Waals surface area contributed by atoms with Crippen LogP contribution in [0.5, 0.6) is 0 Å². The van der Waals surface area contributed by atoms with E-state index in [1.165, 1.54) is 31.2 Å². The molecule has 0 aliphatic rings. The van der Waals surface area contributed by atoms with Gasteiger partial charge in [-0.15, -0.1) is 0 Å². The highest BCUT2D eigenvalue weighted by molar-refractivity contribution is 6.31. The molecule has 3 rings (SSSR count). The summed E-state index contributed by atoms with van der Waals surface area (Å²) >= 11 is 5.83. The zero-order valence-electron chi connectivity index (χ0n) is 16.7. The molecule has 0 atom stereocenters. The topological polar surface area (TPSA) is 116 Å². The Bertz CT molecular complexity index is 1240. The van der Waals surface area contributed by atoms with E-state index >= 15 is 0 Å². The van der Waals surface area contributed by atoms with E-state index in [9.17, 15) is 32.9 Å². The maximum Gasteiger partial charge on any atom is 0.434 e. The summed E-state index contributed by atoms with van der Waals surface area (Å²) in [5.74, 6) is -2.08. The predicted octanol–water partition coefficient (Wildman–Crippen LogP) is 4.88. The molecule has 0 fully saturated rings. The van der Waals surface area contributed by atoms with E-state index in [0.29, 0.717) is 4.68 Å². The number of amides is 1. The Hall–Kier alpha value is -3.93. The highest BCUT2D eigenvalue weighted by Crippen LogP contribution is 2.34. The largest absolute Gasteiger partial charge is 0.462 e. The summed E-state index contributed by atoms with van der Waals surface area (Å²) in [6.45, 7) is 1.32. The number of hydrogen-bond donors (Lipinski definition) is 1. The van der Waals surface area contributed by atoms with Crippen molar-refractivity contribution >= 4 is 34.9 Å². The van der Waals surface area contributed by atoms with E-state index < -0.39 is 39.9 Å². The van der Waals surface area contributed by atoms with E-state index in [1.54, 1.807) is 0 Å². The van der Waals surface area contributed by atoms with Crippen molar-refractivity contribution in [1.82, 2.24) is 9.78 Å². The van der Waals surface area contributed by atoms with Crippen LogP contribution in [0.4, 0.5) is 24.5 Å². The molecule has 172 valence electrons. The number of hydrogen-bond acceptors (Lipinski definition) is 6. The van der Waals surface area contributed by atoms with Crippen LogP contribution in [-0.2, 0) is 10.9 Å². The molecule has 2 aromatic carbocycles. The lowest BCUT2D eigenvalue weighted by molar-refractivity contribution is -0.385. The molecule has 1 heterocycles. The van der Waals surface area contributed by atoms with Crippen LogP contribution in [0.1, 0.15) is 33.3 Å². The average molecular weight is 483 g/mol. The van der Waals surface area contributed by atoms with Crippen molar-refractivity contribution in [1.29, 1.82) is 0 Å². The van der Waals surface area contributed by atoms with Crippen LogP contribution in [0.3, 0.4) is 0 Å². The minimum absolute atomic E-state index is 0.0214. The first-order chi connectivity index (χ1) is 15.5. The molecule has 1 aromatic heterocycles. The van der Waals surface area contributed by atoms with Crippen molar-refractivity contribution in [2.45, 2.75) is 13.1 Å². The second-order valence-electron chi connectivity index (χ2n) is 6.46.